The molecule has 0 aromatic heterocycles. The molecule has 1 N–H and O–H groups in total. The summed E-state index contributed by atoms with van der Waals surface area (Å²) in [6, 6.07) is 17.7. The average Bonchev–Trinajstić information content (AvgIpc) is 2.94. The maximum atomic E-state index is 13.6. The van der Waals surface area contributed by atoms with Crippen LogP contribution >= 0.6 is 0 Å². The first kappa shape index (κ1) is 27.3. The number of ether oxygens (including phenoxy) is 4. The van der Waals surface area contributed by atoms with Crippen LogP contribution in [0.25, 0.3) is 0 Å². The topological polar surface area (TPSA) is 116 Å². The quantitative estimate of drug-likeness (QED) is 0.300. The number of benzene rings is 3. The van der Waals surface area contributed by atoms with Gasteiger partial charge in [-0.05, 0) is 49.4 Å². The Morgan fingerprint density at radius 3 is 2.11 bits per heavy atom. The van der Waals surface area contributed by atoms with Gasteiger partial charge in [0.2, 0.25) is 0 Å². The zero-order chi connectivity index (χ0) is 27.0. The number of sulfonamides is 1. The number of carbonyl (C=O) groups excluding carboxylic acids is 1. The molecular weight excluding hydrogens is 498 g/mol. The summed E-state index contributed by atoms with van der Waals surface area (Å²) < 4.78 is 49.4. The normalized spacial score (nSPS) is 11.4. The Hall–Kier alpha value is -4.25. The number of rotatable bonds is 11. The monoisotopic (exact) mass is 527 g/mol. The molecule has 196 valence electrons. The summed E-state index contributed by atoms with van der Waals surface area (Å²) in [7, 11) is 1.77. The Morgan fingerprint density at radius 1 is 0.838 bits per heavy atom. The molecule has 3 aromatic carbocycles. The fourth-order valence-electron chi connectivity index (χ4n) is 3.45. The zero-order valence-electron chi connectivity index (χ0n) is 21.2. The van der Waals surface area contributed by atoms with Gasteiger partial charge in [-0.2, -0.15) is 5.10 Å². The molecule has 1 amide bonds. The summed E-state index contributed by atoms with van der Waals surface area (Å²) in [6.45, 7) is 1.13. The minimum absolute atomic E-state index is 0.0117. The van der Waals surface area contributed by atoms with Crippen molar-refractivity contribution < 1.29 is 32.2 Å². The lowest BCUT2D eigenvalue weighted by atomic mass is 10.1. The van der Waals surface area contributed by atoms with Gasteiger partial charge < -0.3 is 18.9 Å². The van der Waals surface area contributed by atoms with E-state index in [1.54, 1.807) is 55.5 Å². The summed E-state index contributed by atoms with van der Waals surface area (Å²) >= 11 is 0. The minimum atomic E-state index is -4.16. The van der Waals surface area contributed by atoms with Crippen LogP contribution in [0.5, 0.6) is 23.0 Å². The minimum Gasteiger partial charge on any atom is -0.497 e. The first-order valence-corrected chi connectivity index (χ1v) is 12.5. The van der Waals surface area contributed by atoms with Crippen molar-refractivity contribution in [2.24, 2.45) is 5.10 Å². The first-order chi connectivity index (χ1) is 17.7. The molecular formula is C26H29N3O7S. The Bertz CT molecular complexity index is 1380. The third-order valence-electron chi connectivity index (χ3n) is 5.42. The lowest BCUT2D eigenvalue weighted by Crippen LogP contribution is -2.40. The maximum Gasteiger partial charge on any atom is 0.264 e. The fourth-order valence-corrected chi connectivity index (χ4v) is 4.89. The molecule has 0 aliphatic rings. The highest BCUT2D eigenvalue weighted by molar-refractivity contribution is 7.92. The summed E-state index contributed by atoms with van der Waals surface area (Å²) in [6.07, 6.45) is 0. The van der Waals surface area contributed by atoms with Crippen molar-refractivity contribution in [3.63, 3.8) is 0 Å². The second kappa shape index (κ2) is 12.1. The number of hydrogen-bond acceptors (Lipinski definition) is 8. The first-order valence-electron chi connectivity index (χ1n) is 11.1. The van der Waals surface area contributed by atoms with Crippen LogP contribution in [0.15, 0.2) is 76.7 Å². The SMILES string of the molecule is COc1ccc(OC)c(N(CC(=O)N/N=C(/C)c2ccc(OC)c(OC)c2)S(=O)(=O)c2ccccc2)c1. The van der Waals surface area contributed by atoms with Gasteiger partial charge in [0, 0.05) is 11.6 Å². The Balaban J connectivity index is 1.94. The second-order valence-electron chi connectivity index (χ2n) is 7.66. The third kappa shape index (κ3) is 6.31. The van der Waals surface area contributed by atoms with Gasteiger partial charge in [0.15, 0.2) is 11.5 Å². The molecule has 0 heterocycles. The Labute approximate surface area is 216 Å². The van der Waals surface area contributed by atoms with Crippen molar-refractivity contribution >= 4 is 27.3 Å². The van der Waals surface area contributed by atoms with Gasteiger partial charge in [-0.15, -0.1) is 0 Å². The van der Waals surface area contributed by atoms with Crippen molar-refractivity contribution in [1.29, 1.82) is 0 Å². The third-order valence-corrected chi connectivity index (χ3v) is 7.20. The predicted octanol–water partition coefficient (Wildman–Crippen LogP) is 3.46. The van der Waals surface area contributed by atoms with E-state index in [9.17, 15) is 13.2 Å². The van der Waals surface area contributed by atoms with Crippen molar-refractivity contribution in [3.8, 4) is 23.0 Å². The van der Waals surface area contributed by atoms with E-state index in [2.05, 4.69) is 10.5 Å². The molecule has 0 fully saturated rings. The number of amides is 1. The molecule has 3 rings (SSSR count). The van der Waals surface area contributed by atoms with Crippen LogP contribution in [-0.4, -0.2) is 55.0 Å². The summed E-state index contributed by atoms with van der Waals surface area (Å²) in [5, 5.41) is 4.15. The van der Waals surface area contributed by atoms with E-state index >= 15 is 0 Å². The van der Waals surface area contributed by atoms with Crippen molar-refractivity contribution in [2.75, 3.05) is 39.3 Å². The fraction of sp³-hybridized carbons (Fsp3) is 0.231. The van der Waals surface area contributed by atoms with Crippen LogP contribution < -0.4 is 28.7 Å². The van der Waals surface area contributed by atoms with Crippen LogP contribution in [0, 0.1) is 0 Å². The van der Waals surface area contributed by atoms with Crippen molar-refractivity contribution in [1.82, 2.24) is 5.43 Å². The molecule has 0 bridgehead atoms. The maximum absolute atomic E-state index is 13.6. The van der Waals surface area contributed by atoms with Gasteiger partial charge in [0.05, 0.1) is 44.7 Å². The van der Waals surface area contributed by atoms with Crippen LogP contribution in [0.4, 0.5) is 5.69 Å². The molecule has 0 spiro atoms. The largest absolute Gasteiger partial charge is 0.497 e. The van der Waals surface area contributed by atoms with Gasteiger partial charge in [-0.25, -0.2) is 13.8 Å². The van der Waals surface area contributed by atoms with Gasteiger partial charge in [0.25, 0.3) is 15.9 Å². The van der Waals surface area contributed by atoms with E-state index in [-0.39, 0.29) is 16.3 Å². The molecule has 3 aromatic rings. The molecule has 0 atom stereocenters. The highest BCUT2D eigenvalue weighted by atomic mass is 32.2. The van der Waals surface area contributed by atoms with Gasteiger partial charge in [0.1, 0.15) is 18.0 Å². The van der Waals surface area contributed by atoms with Crippen LogP contribution in [0.1, 0.15) is 12.5 Å². The molecule has 10 nitrogen and oxygen atoms in total. The van der Waals surface area contributed by atoms with E-state index in [1.165, 1.54) is 46.6 Å². The number of nitrogens with one attached hydrogen (secondary N) is 1. The Kier molecular flexibility index (Phi) is 8.96. The molecule has 0 radical (unpaired) electrons. The summed E-state index contributed by atoms with van der Waals surface area (Å²) in [5.41, 5.74) is 3.74. The molecule has 0 unspecified atom stereocenters. The summed E-state index contributed by atoms with van der Waals surface area (Å²) in [4.78, 5) is 13.0. The smallest absolute Gasteiger partial charge is 0.264 e. The standard InChI is InChI=1S/C26H29N3O7S/c1-18(19-11-13-24(35-4)25(15-19)36-5)27-28-26(30)17-29(37(31,32)21-9-7-6-8-10-21)22-16-20(33-2)12-14-23(22)34-3/h6-16H,17H2,1-5H3,(H,28,30)/b27-18-. The number of anilines is 1. The molecule has 11 heteroatoms. The lowest BCUT2D eigenvalue weighted by molar-refractivity contribution is -0.119. The number of hydrazone groups is 1. The summed E-state index contributed by atoms with van der Waals surface area (Å²) in [5.74, 6) is 1.04. The van der Waals surface area contributed by atoms with E-state index < -0.39 is 22.5 Å². The highest BCUT2D eigenvalue weighted by Crippen LogP contribution is 2.35. The van der Waals surface area contributed by atoms with Crippen LogP contribution in [0.3, 0.4) is 0 Å². The predicted molar refractivity (Wildman–Crippen MR) is 140 cm³/mol. The van der Waals surface area contributed by atoms with E-state index in [0.29, 0.717) is 28.5 Å². The average molecular weight is 528 g/mol. The zero-order valence-corrected chi connectivity index (χ0v) is 22.0. The molecule has 0 saturated heterocycles. The number of methoxy groups -OCH3 is 4. The van der Waals surface area contributed by atoms with Gasteiger partial charge in [-0.3, -0.25) is 9.10 Å². The second-order valence-corrected chi connectivity index (χ2v) is 9.53. The Morgan fingerprint density at radius 2 is 1.49 bits per heavy atom. The van der Waals surface area contributed by atoms with E-state index in [4.69, 9.17) is 18.9 Å². The number of nitrogens with zero attached hydrogens (tertiary/aromatic N) is 2. The molecule has 0 aliphatic heterocycles. The van der Waals surface area contributed by atoms with E-state index in [1.807, 2.05) is 0 Å². The lowest BCUT2D eigenvalue weighted by Gasteiger charge is -2.25. The molecule has 37 heavy (non-hydrogen) atoms. The van der Waals surface area contributed by atoms with Crippen LogP contribution in [0.2, 0.25) is 0 Å². The van der Waals surface area contributed by atoms with E-state index in [0.717, 1.165) is 4.31 Å². The number of hydrogen-bond donors (Lipinski definition) is 1. The van der Waals surface area contributed by atoms with Gasteiger partial charge in [-0.1, -0.05) is 18.2 Å². The molecule has 0 aliphatic carbocycles. The number of carbonyl (C=O) groups is 1. The highest BCUT2D eigenvalue weighted by Gasteiger charge is 2.30. The van der Waals surface area contributed by atoms with Gasteiger partial charge >= 0.3 is 0 Å². The van der Waals surface area contributed by atoms with Crippen molar-refractivity contribution in [3.05, 3.63) is 72.3 Å². The van der Waals surface area contributed by atoms with Crippen molar-refractivity contribution in [2.45, 2.75) is 11.8 Å². The molecule has 0 saturated carbocycles. The van der Waals surface area contributed by atoms with Crippen LogP contribution in [-0.2, 0) is 14.8 Å².